The molecule has 1 unspecified atom stereocenters. The zero-order chi connectivity index (χ0) is 15.2. The van der Waals surface area contributed by atoms with Crippen LogP contribution in [0.4, 0.5) is 0 Å². The van der Waals surface area contributed by atoms with E-state index in [1.165, 1.54) is 0 Å². The highest BCUT2D eigenvalue weighted by molar-refractivity contribution is 9.10. The molecule has 0 spiro atoms. The Balaban J connectivity index is 2.22. The first-order valence-electron chi connectivity index (χ1n) is 6.75. The van der Waals surface area contributed by atoms with Gasteiger partial charge in [-0.25, -0.2) is 0 Å². The highest BCUT2D eigenvalue weighted by Crippen LogP contribution is 2.26. The number of halogens is 3. The molecule has 2 aromatic heterocycles. The lowest BCUT2D eigenvalue weighted by molar-refractivity contribution is 0.513. The van der Waals surface area contributed by atoms with Crippen molar-refractivity contribution < 1.29 is 0 Å². The molecule has 0 bridgehead atoms. The number of rotatable bonds is 6. The fourth-order valence-electron chi connectivity index (χ4n) is 2.00. The van der Waals surface area contributed by atoms with E-state index in [1.807, 2.05) is 12.1 Å². The van der Waals surface area contributed by atoms with Crippen LogP contribution in [0.5, 0.6) is 0 Å². The lowest BCUT2D eigenvalue weighted by Crippen LogP contribution is -2.25. The summed E-state index contributed by atoms with van der Waals surface area (Å²) in [7, 11) is 0. The van der Waals surface area contributed by atoms with Gasteiger partial charge in [-0.2, -0.15) is 0 Å². The summed E-state index contributed by atoms with van der Waals surface area (Å²) in [5.41, 5.74) is 1.79. The van der Waals surface area contributed by atoms with Crippen LogP contribution in [0, 0.1) is 0 Å². The molecule has 0 aromatic carbocycles. The minimum atomic E-state index is 0.0170. The molecule has 2 aromatic rings. The number of pyridine rings is 2. The van der Waals surface area contributed by atoms with Crippen LogP contribution >= 0.6 is 39.1 Å². The average Bonchev–Trinajstić information content (AvgIpc) is 2.46. The second kappa shape index (κ2) is 8.08. The van der Waals surface area contributed by atoms with E-state index in [0.717, 1.165) is 35.2 Å². The number of hydrogen-bond donors (Lipinski definition) is 1. The minimum Gasteiger partial charge on any atom is -0.308 e. The van der Waals surface area contributed by atoms with Crippen LogP contribution in [0.3, 0.4) is 0 Å². The van der Waals surface area contributed by atoms with Gasteiger partial charge in [0.05, 0.1) is 21.8 Å². The molecule has 0 aliphatic heterocycles. The highest BCUT2D eigenvalue weighted by Gasteiger charge is 2.17. The smallest absolute Gasteiger partial charge is 0.0764 e. The van der Waals surface area contributed by atoms with Gasteiger partial charge in [0.15, 0.2) is 0 Å². The molecular weight excluding hydrogens is 373 g/mol. The Bertz CT molecular complexity index is 590. The Hall–Kier alpha value is -0.680. The van der Waals surface area contributed by atoms with Crippen LogP contribution in [0.15, 0.2) is 35.1 Å². The maximum Gasteiger partial charge on any atom is 0.0764 e. The van der Waals surface area contributed by atoms with Gasteiger partial charge in [-0.1, -0.05) is 30.1 Å². The molecule has 0 amide bonds. The lowest BCUT2D eigenvalue weighted by Gasteiger charge is -2.19. The molecule has 0 saturated heterocycles. The molecule has 0 aliphatic carbocycles. The van der Waals surface area contributed by atoms with Gasteiger partial charge in [-0.3, -0.25) is 9.97 Å². The lowest BCUT2D eigenvalue weighted by atomic mass is 10.1. The predicted molar refractivity (Wildman–Crippen MR) is 90.9 cm³/mol. The van der Waals surface area contributed by atoms with Crippen molar-refractivity contribution >= 4 is 39.1 Å². The van der Waals surface area contributed by atoms with Gasteiger partial charge in [-0.05, 0) is 47.1 Å². The van der Waals surface area contributed by atoms with Crippen molar-refractivity contribution in [3.63, 3.8) is 0 Å². The third kappa shape index (κ3) is 4.92. The number of hydrogen-bond acceptors (Lipinski definition) is 3. The summed E-state index contributed by atoms with van der Waals surface area (Å²) in [4.78, 5) is 8.80. The molecular formula is C15H16BrCl2N3. The summed E-state index contributed by atoms with van der Waals surface area (Å²) in [5.74, 6) is 0. The second-order valence-electron chi connectivity index (χ2n) is 4.70. The van der Waals surface area contributed by atoms with Crippen LogP contribution < -0.4 is 5.32 Å². The largest absolute Gasteiger partial charge is 0.308 e. The second-order valence-corrected chi connectivity index (χ2v) is 6.46. The van der Waals surface area contributed by atoms with Crippen LogP contribution in [-0.2, 0) is 6.42 Å². The van der Waals surface area contributed by atoms with Gasteiger partial charge >= 0.3 is 0 Å². The summed E-state index contributed by atoms with van der Waals surface area (Å²) < 4.78 is 0.965. The first-order chi connectivity index (χ1) is 10.1. The van der Waals surface area contributed by atoms with Gasteiger partial charge < -0.3 is 5.32 Å². The van der Waals surface area contributed by atoms with E-state index >= 15 is 0 Å². The Kier molecular flexibility index (Phi) is 6.42. The van der Waals surface area contributed by atoms with E-state index in [2.05, 4.69) is 38.1 Å². The Morgan fingerprint density at radius 3 is 2.67 bits per heavy atom. The standard InChI is InChI=1S/C15H16BrCl2N3/c1-2-5-19-14(7-12-4-3-10(16)8-20-12)15-13(18)6-11(17)9-21-15/h3-4,6,8-9,14,19H,2,5,7H2,1H3. The monoisotopic (exact) mass is 387 g/mol. The maximum atomic E-state index is 6.28. The molecule has 0 fully saturated rings. The SMILES string of the molecule is CCCNC(Cc1ccc(Br)cn1)c1ncc(Cl)cc1Cl. The predicted octanol–water partition coefficient (Wildman–Crippen LogP) is 4.83. The van der Waals surface area contributed by atoms with Crippen LogP contribution in [-0.4, -0.2) is 16.5 Å². The van der Waals surface area contributed by atoms with E-state index in [0.29, 0.717) is 10.0 Å². The fraction of sp³-hybridized carbons (Fsp3) is 0.333. The third-order valence-electron chi connectivity index (χ3n) is 3.01. The van der Waals surface area contributed by atoms with Crippen molar-refractivity contribution in [2.75, 3.05) is 6.54 Å². The number of aromatic nitrogens is 2. The molecule has 6 heteroatoms. The van der Waals surface area contributed by atoms with Crippen molar-refractivity contribution in [1.29, 1.82) is 0 Å². The highest BCUT2D eigenvalue weighted by atomic mass is 79.9. The molecule has 0 aliphatic rings. The van der Waals surface area contributed by atoms with Gasteiger partial charge in [-0.15, -0.1) is 0 Å². The normalized spacial score (nSPS) is 12.4. The van der Waals surface area contributed by atoms with Crippen LogP contribution in [0.1, 0.15) is 30.8 Å². The van der Waals surface area contributed by atoms with Crippen molar-refractivity contribution in [2.24, 2.45) is 0 Å². The van der Waals surface area contributed by atoms with Crippen LogP contribution in [0.2, 0.25) is 10.0 Å². The van der Waals surface area contributed by atoms with E-state index < -0.39 is 0 Å². The molecule has 0 saturated carbocycles. The summed E-state index contributed by atoms with van der Waals surface area (Å²) in [6.07, 6.45) is 5.18. The van der Waals surface area contributed by atoms with Crippen molar-refractivity contribution in [2.45, 2.75) is 25.8 Å². The van der Waals surface area contributed by atoms with Crippen molar-refractivity contribution in [1.82, 2.24) is 15.3 Å². The first kappa shape index (κ1) is 16.7. The summed E-state index contributed by atoms with van der Waals surface area (Å²) in [6.45, 7) is 3.01. The summed E-state index contributed by atoms with van der Waals surface area (Å²) >= 11 is 15.6. The molecule has 0 radical (unpaired) electrons. The third-order valence-corrected chi connectivity index (χ3v) is 3.99. The zero-order valence-electron chi connectivity index (χ0n) is 11.6. The summed E-state index contributed by atoms with van der Waals surface area (Å²) in [6, 6.07) is 5.72. The Morgan fingerprint density at radius 2 is 2.05 bits per heavy atom. The molecule has 1 N–H and O–H groups in total. The molecule has 21 heavy (non-hydrogen) atoms. The van der Waals surface area contributed by atoms with Crippen molar-refractivity contribution in [3.05, 3.63) is 56.5 Å². The Morgan fingerprint density at radius 1 is 1.24 bits per heavy atom. The minimum absolute atomic E-state index is 0.0170. The number of nitrogens with zero attached hydrogens (tertiary/aromatic N) is 2. The first-order valence-corrected chi connectivity index (χ1v) is 8.29. The number of nitrogens with one attached hydrogen (secondary N) is 1. The Labute approximate surface area is 143 Å². The molecule has 112 valence electrons. The quantitative estimate of drug-likeness (QED) is 0.769. The van der Waals surface area contributed by atoms with E-state index in [-0.39, 0.29) is 6.04 Å². The maximum absolute atomic E-state index is 6.28. The van der Waals surface area contributed by atoms with Gasteiger partial charge in [0, 0.05) is 29.0 Å². The summed E-state index contributed by atoms with van der Waals surface area (Å²) in [5, 5.41) is 4.59. The zero-order valence-corrected chi connectivity index (χ0v) is 14.7. The molecule has 1 atom stereocenters. The van der Waals surface area contributed by atoms with E-state index in [1.54, 1.807) is 18.5 Å². The van der Waals surface area contributed by atoms with Crippen LogP contribution in [0.25, 0.3) is 0 Å². The van der Waals surface area contributed by atoms with E-state index in [9.17, 15) is 0 Å². The molecule has 3 nitrogen and oxygen atoms in total. The van der Waals surface area contributed by atoms with E-state index in [4.69, 9.17) is 23.2 Å². The van der Waals surface area contributed by atoms with Gasteiger partial charge in [0.25, 0.3) is 0 Å². The van der Waals surface area contributed by atoms with Crippen molar-refractivity contribution in [3.8, 4) is 0 Å². The van der Waals surface area contributed by atoms with Gasteiger partial charge in [0.2, 0.25) is 0 Å². The molecule has 2 heterocycles. The van der Waals surface area contributed by atoms with Gasteiger partial charge in [0.1, 0.15) is 0 Å². The topological polar surface area (TPSA) is 37.8 Å². The fourth-order valence-corrected chi connectivity index (χ4v) is 2.75. The average molecular weight is 389 g/mol. The molecule has 2 rings (SSSR count).